The van der Waals surface area contributed by atoms with Crippen LogP contribution in [0, 0.1) is 5.82 Å². The average molecular weight is 202 g/mol. The molecular formula is C11H7FN2O. The van der Waals surface area contributed by atoms with Crippen molar-refractivity contribution >= 4 is 6.29 Å². The third-order valence-corrected chi connectivity index (χ3v) is 1.98. The lowest BCUT2D eigenvalue weighted by Crippen LogP contribution is -1.95. The molecule has 0 aliphatic heterocycles. The maximum Gasteiger partial charge on any atom is 0.159 e. The van der Waals surface area contributed by atoms with Gasteiger partial charge in [-0.05, 0) is 12.1 Å². The van der Waals surface area contributed by atoms with E-state index in [0.29, 0.717) is 17.7 Å². The Labute approximate surface area is 85.6 Å². The molecule has 0 amide bonds. The third kappa shape index (κ3) is 1.74. The molecule has 0 aliphatic rings. The first kappa shape index (κ1) is 9.45. The van der Waals surface area contributed by atoms with Crippen LogP contribution in [0.2, 0.25) is 0 Å². The van der Waals surface area contributed by atoms with Crippen LogP contribution >= 0.6 is 0 Å². The molecule has 4 heteroatoms. The number of aromatic nitrogens is 2. The van der Waals surface area contributed by atoms with Gasteiger partial charge in [-0.1, -0.05) is 12.1 Å². The zero-order chi connectivity index (χ0) is 10.7. The second-order valence-corrected chi connectivity index (χ2v) is 2.89. The summed E-state index contributed by atoms with van der Waals surface area (Å²) in [5.74, 6) is -0.214. The summed E-state index contributed by atoms with van der Waals surface area (Å²) >= 11 is 0. The number of carbonyl (C=O) groups excluding carboxylic acids is 1. The standard InChI is InChI=1S/C11H7FN2O/c12-10-4-1-3-8(9(10)7-15)11-13-5-2-6-14-11/h1-7H. The van der Waals surface area contributed by atoms with Gasteiger partial charge in [0.2, 0.25) is 0 Å². The lowest BCUT2D eigenvalue weighted by molar-refractivity contribution is 0.112. The summed E-state index contributed by atoms with van der Waals surface area (Å²) in [7, 11) is 0. The van der Waals surface area contributed by atoms with Gasteiger partial charge in [0.25, 0.3) is 0 Å². The number of hydrogen-bond donors (Lipinski definition) is 0. The Kier molecular flexibility index (Phi) is 2.49. The Morgan fingerprint density at radius 1 is 1.13 bits per heavy atom. The van der Waals surface area contributed by atoms with Gasteiger partial charge in [-0.15, -0.1) is 0 Å². The Bertz CT molecular complexity index is 485. The molecule has 2 rings (SSSR count). The largest absolute Gasteiger partial charge is 0.298 e. The van der Waals surface area contributed by atoms with Crippen LogP contribution in [0.25, 0.3) is 11.4 Å². The first-order chi connectivity index (χ1) is 7.33. The molecule has 2 aromatic rings. The average Bonchev–Trinajstić information content (AvgIpc) is 2.30. The van der Waals surface area contributed by atoms with E-state index in [1.165, 1.54) is 12.1 Å². The minimum absolute atomic E-state index is 0.0105. The molecule has 0 bridgehead atoms. The summed E-state index contributed by atoms with van der Waals surface area (Å²) < 4.78 is 13.2. The molecule has 1 aromatic heterocycles. The Morgan fingerprint density at radius 3 is 2.53 bits per heavy atom. The van der Waals surface area contributed by atoms with Gasteiger partial charge in [0.1, 0.15) is 5.82 Å². The summed E-state index contributed by atoms with van der Waals surface area (Å²) in [6.45, 7) is 0. The highest BCUT2D eigenvalue weighted by Gasteiger charge is 2.10. The van der Waals surface area contributed by atoms with Crippen molar-refractivity contribution in [3.8, 4) is 11.4 Å². The number of rotatable bonds is 2. The number of nitrogens with zero attached hydrogens (tertiary/aromatic N) is 2. The van der Waals surface area contributed by atoms with Gasteiger partial charge in [0, 0.05) is 18.0 Å². The number of hydrogen-bond acceptors (Lipinski definition) is 3. The van der Waals surface area contributed by atoms with Crippen LogP contribution in [-0.2, 0) is 0 Å². The first-order valence-corrected chi connectivity index (χ1v) is 4.34. The zero-order valence-electron chi connectivity index (χ0n) is 7.72. The molecule has 0 unspecified atom stereocenters. The van der Waals surface area contributed by atoms with E-state index in [0.717, 1.165) is 0 Å². The van der Waals surface area contributed by atoms with E-state index in [1.807, 2.05) is 0 Å². The van der Waals surface area contributed by atoms with Gasteiger partial charge in [0.05, 0.1) is 5.56 Å². The van der Waals surface area contributed by atoms with Crippen molar-refractivity contribution in [3.63, 3.8) is 0 Å². The summed E-state index contributed by atoms with van der Waals surface area (Å²) in [5.41, 5.74) is 0.398. The Balaban J connectivity index is 2.63. The summed E-state index contributed by atoms with van der Waals surface area (Å²) in [6.07, 6.45) is 3.56. The van der Waals surface area contributed by atoms with Gasteiger partial charge in [0.15, 0.2) is 12.1 Å². The van der Waals surface area contributed by atoms with Gasteiger partial charge in [-0.3, -0.25) is 4.79 Å². The van der Waals surface area contributed by atoms with Crippen molar-refractivity contribution in [3.05, 3.63) is 48.0 Å². The monoisotopic (exact) mass is 202 g/mol. The van der Waals surface area contributed by atoms with E-state index < -0.39 is 5.82 Å². The molecule has 0 aliphatic carbocycles. The highest BCUT2D eigenvalue weighted by Crippen LogP contribution is 2.20. The van der Waals surface area contributed by atoms with E-state index in [4.69, 9.17) is 0 Å². The van der Waals surface area contributed by atoms with E-state index >= 15 is 0 Å². The first-order valence-electron chi connectivity index (χ1n) is 4.34. The summed E-state index contributed by atoms with van der Waals surface area (Å²) in [4.78, 5) is 18.6. The molecule has 0 saturated carbocycles. The molecule has 0 saturated heterocycles. The van der Waals surface area contributed by atoms with Crippen LogP contribution < -0.4 is 0 Å². The smallest absolute Gasteiger partial charge is 0.159 e. The van der Waals surface area contributed by atoms with Crippen LogP contribution in [0.4, 0.5) is 4.39 Å². The van der Waals surface area contributed by atoms with Crippen LogP contribution in [0.15, 0.2) is 36.7 Å². The molecule has 0 radical (unpaired) electrons. The summed E-state index contributed by atoms with van der Waals surface area (Å²) in [5, 5.41) is 0. The number of carbonyl (C=O) groups is 1. The Hall–Kier alpha value is -2.10. The van der Waals surface area contributed by atoms with Gasteiger partial charge in [-0.25, -0.2) is 14.4 Å². The van der Waals surface area contributed by atoms with E-state index in [2.05, 4.69) is 9.97 Å². The van der Waals surface area contributed by atoms with Crippen molar-refractivity contribution in [2.45, 2.75) is 0 Å². The molecular weight excluding hydrogens is 195 g/mol. The lowest BCUT2D eigenvalue weighted by Gasteiger charge is -2.02. The number of benzene rings is 1. The maximum atomic E-state index is 13.2. The fraction of sp³-hybridized carbons (Fsp3) is 0. The number of halogens is 1. The summed E-state index contributed by atoms with van der Waals surface area (Å²) in [6, 6.07) is 6.02. The molecule has 3 nitrogen and oxygen atoms in total. The van der Waals surface area contributed by atoms with Crippen LogP contribution in [0.1, 0.15) is 10.4 Å². The number of aldehydes is 1. The minimum Gasteiger partial charge on any atom is -0.298 e. The quantitative estimate of drug-likeness (QED) is 0.700. The zero-order valence-corrected chi connectivity index (χ0v) is 7.72. The van der Waals surface area contributed by atoms with E-state index in [9.17, 15) is 9.18 Å². The van der Waals surface area contributed by atoms with Crippen molar-refractivity contribution in [2.75, 3.05) is 0 Å². The SMILES string of the molecule is O=Cc1c(F)cccc1-c1ncccn1. The minimum atomic E-state index is -0.560. The molecule has 1 aromatic carbocycles. The van der Waals surface area contributed by atoms with Crippen LogP contribution in [0.5, 0.6) is 0 Å². The van der Waals surface area contributed by atoms with E-state index in [1.54, 1.807) is 24.5 Å². The second kappa shape index (κ2) is 3.96. The van der Waals surface area contributed by atoms with Gasteiger partial charge in [-0.2, -0.15) is 0 Å². The molecule has 0 fully saturated rings. The van der Waals surface area contributed by atoms with Crippen molar-refractivity contribution in [1.29, 1.82) is 0 Å². The highest BCUT2D eigenvalue weighted by molar-refractivity contribution is 5.85. The fourth-order valence-electron chi connectivity index (χ4n) is 1.29. The second-order valence-electron chi connectivity index (χ2n) is 2.89. The lowest BCUT2D eigenvalue weighted by atomic mass is 10.1. The Morgan fingerprint density at radius 2 is 1.87 bits per heavy atom. The predicted molar refractivity (Wildman–Crippen MR) is 52.8 cm³/mol. The molecule has 1 heterocycles. The highest BCUT2D eigenvalue weighted by atomic mass is 19.1. The maximum absolute atomic E-state index is 13.2. The van der Waals surface area contributed by atoms with Crippen LogP contribution in [0.3, 0.4) is 0 Å². The molecule has 74 valence electrons. The van der Waals surface area contributed by atoms with Crippen molar-refractivity contribution in [1.82, 2.24) is 9.97 Å². The van der Waals surface area contributed by atoms with Crippen molar-refractivity contribution < 1.29 is 9.18 Å². The molecule has 15 heavy (non-hydrogen) atoms. The van der Waals surface area contributed by atoms with E-state index in [-0.39, 0.29) is 5.56 Å². The molecule has 0 N–H and O–H groups in total. The van der Waals surface area contributed by atoms with Gasteiger partial charge < -0.3 is 0 Å². The van der Waals surface area contributed by atoms with Gasteiger partial charge >= 0.3 is 0 Å². The third-order valence-electron chi connectivity index (χ3n) is 1.98. The topological polar surface area (TPSA) is 42.9 Å². The molecule has 0 atom stereocenters. The normalized spacial score (nSPS) is 9.93. The predicted octanol–water partition coefficient (Wildman–Crippen LogP) is 2.10. The fourth-order valence-corrected chi connectivity index (χ4v) is 1.29. The molecule has 0 spiro atoms. The van der Waals surface area contributed by atoms with Crippen molar-refractivity contribution in [2.24, 2.45) is 0 Å². The van der Waals surface area contributed by atoms with Crippen LogP contribution in [-0.4, -0.2) is 16.3 Å².